The number of anilines is 1. The van der Waals surface area contributed by atoms with Gasteiger partial charge in [-0.05, 0) is 30.3 Å². The zero-order valence-corrected chi connectivity index (χ0v) is 14.5. The van der Waals surface area contributed by atoms with E-state index in [1.165, 1.54) is 7.11 Å². The number of amides is 1. The van der Waals surface area contributed by atoms with E-state index in [-0.39, 0.29) is 12.5 Å². The summed E-state index contributed by atoms with van der Waals surface area (Å²) in [5.74, 6) is -0.701. The molecule has 0 saturated carbocycles. The lowest BCUT2D eigenvalue weighted by atomic mass is 10.2. The summed E-state index contributed by atoms with van der Waals surface area (Å²) in [5, 5.41) is 11.6. The van der Waals surface area contributed by atoms with E-state index in [1.807, 2.05) is 23.1 Å². The van der Waals surface area contributed by atoms with Crippen molar-refractivity contribution < 1.29 is 14.3 Å². The molecule has 0 saturated heterocycles. The third-order valence-corrected chi connectivity index (χ3v) is 3.59. The number of carbonyl (C=O) groups excluding carboxylic acids is 2. The van der Waals surface area contributed by atoms with Crippen LogP contribution in [0.3, 0.4) is 0 Å². The third-order valence-electron chi connectivity index (χ3n) is 3.59. The number of hydrogen-bond donors (Lipinski definition) is 1. The Hall–Kier alpha value is -3.24. The third kappa shape index (κ3) is 6.00. The Labute approximate surface area is 152 Å². The Morgan fingerprint density at radius 3 is 2.81 bits per heavy atom. The molecule has 0 aliphatic heterocycles. The van der Waals surface area contributed by atoms with Crippen molar-refractivity contribution in [1.82, 2.24) is 9.88 Å². The summed E-state index contributed by atoms with van der Waals surface area (Å²) in [7, 11) is 1.30. The smallest absolute Gasteiger partial charge is 0.337 e. The molecule has 7 heteroatoms. The van der Waals surface area contributed by atoms with Gasteiger partial charge in [0.1, 0.15) is 0 Å². The van der Waals surface area contributed by atoms with Gasteiger partial charge in [-0.15, -0.1) is 0 Å². The number of pyridine rings is 1. The molecule has 1 heterocycles. The van der Waals surface area contributed by atoms with Crippen molar-refractivity contribution in [3.05, 3.63) is 59.9 Å². The van der Waals surface area contributed by atoms with Crippen molar-refractivity contribution in [3.8, 4) is 6.07 Å². The van der Waals surface area contributed by atoms with Crippen LogP contribution in [0, 0.1) is 11.3 Å². The topological polar surface area (TPSA) is 95.3 Å². The quantitative estimate of drug-likeness (QED) is 0.732. The normalized spacial score (nSPS) is 10.2. The second kappa shape index (κ2) is 9.91. The molecular weight excluding hydrogens is 332 g/mol. The minimum atomic E-state index is -0.466. The fourth-order valence-corrected chi connectivity index (χ4v) is 2.39. The summed E-state index contributed by atoms with van der Waals surface area (Å²) in [5.41, 5.74) is 1.70. The Bertz CT molecular complexity index is 787. The van der Waals surface area contributed by atoms with E-state index in [2.05, 4.69) is 21.1 Å². The number of rotatable bonds is 8. The van der Waals surface area contributed by atoms with Gasteiger partial charge in [-0.2, -0.15) is 5.26 Å². The lowest BCUT2D eigenvalue weighted by molar-refractivity contribution is -0.117. The maximum Gasteiger partial charge on any atom is 0.337 e. The molecule has 7 nitrogen and oxygen atoms in total. The van der Waals surface area contributed by atoms with E-state index in [9.17, 15) is 9.59 Å². The first-order valence-electron chi connectivity index (χ1n) is 8.10. The van der Waals surface area contributed by atoms with Crippen LogP contribution in [0.25, 0.3) is 0 Å². The Morgan fingerprint density at radius 2 is 2.12 bits per heavy atom. The first-order valence-corrected chi connectivity index (χ1v) is 8.10. The molecular formula is C19H20N4O3. The lowest BCUT2D eigenvalue weighted by Crippen LogP contribution is -2.33. The van der Waals surface area contributed by atoms with Crippen LogP contribution in [0.4, 0.5) is 5.69 Å². The molecule has 1 N–H and O–H groups in total. The number of methoxy groups -OCH3 is 1. The largest absolute Gasteiger partial charge is 0.465 e. The zero-order valence-electron chi connectivity index (χ0n) is 14.5. The molecule has 0 radical (unpaired) electrons. The number of nitrogens with one attached hydrogen (secondary N) is 1. The Morgan fingerprint density at radius 1 is 1.27 bits per heavy atom. The fraction of sp³-hybridized carbons (Fsp3) is 0.263. The highest BCUT2D eigenvalue weighted by molar-refractivity contribution is 5.95. The van der Waals surface area contributed by atoms with Crippen molar-refractivity contribution in [1.29, 1.82) is 5.26 Å². The highest BCUT2D eigenvalue weighted by Gasteiger charge is 2.13. The fourth-order valence-electron chi connectivity index (χ4n) is 2.39. The first-order chi connectivity index (χ1) is 12.6. The highest BCUT2D eigenvalue weighted by atomic mass is 16.5. The maximum atomic E-state index is 12.4. The minimum Gasteiger partial charge on any atom is -0.465 e. The van der Waals surface area contributed by atoms with E-state index in [0.29, 0.717) is 30.8 Å². The molecule has 0 fully saturated rings. The average Bonchev–Trinajstić information content (AvgIpc) is 2.66. The Kier molecular flexibility index (Phi) is 7.28. The molecule has 0 spiro atoms. The number of aromatic nitrogens is 1. The maximum absolute atomic E-state index is 12.4. The predicted octanol–water partition coefficient (Wildman–Crippen LogP) is 2.22. The van der Waals surface area contributed by atoms with Crippen molar-refractivity contribution in [2.45, 2.75) is 13.0 Å². The van der Waals surface area contributed by atoms with Crippen molar-refractivity contribution in [2.24, 2.45) is 0 Å². The molecule has 2 rings (SSSR count). The van der Waals surface area contributed by atoms with E-state index < -0.39 is 5.97 Å². The van der Waals surface area contributed by atoms with Crippen LogP contribution in [-0.2, 0) is 16.1 Å². The van der Waals surface area contributed by atoms with Crippen molar-refractivity contribution in [2.75, 3.05) is 25.5 Å². The van der Waals surface area contributed by atoms with Gasteiger partial charge in [0.2, 0.25) is 5.91 Å². The molecule has 2 aromatic rings. The van der Waals surface area contributed by atoms with Gasteiger partial charge in [0, 0.05) is 31.4 Å². The van der Waals surface area contributed by atoms with Gasteiger partial charge in [-0.1, -0.05) is 12.1 Å². The summed E-state index contributed by atoms with van der Waals surface area (Å²) >= 11 is 0. The summed E-state index contributed by atoms with van der Waals surface area (Å²) in [6, 6.07) is 14.2. The molecule has 0 atom stereocenters. The van der Waals surface area contributed by atoms with Gasteiger partial charge in [0.05, 0.1) is 31.0 Å². The molecule has 0 aliphatic rings. The van der Waals surface area contributed by atoms with Gasteiger partial charge < -0.3 is 10.1 Å². The van der Waals surface area contributed by atoms with Gasteiger partial charge >= 0.3 is 5.97 Å². The van der Waals surface area contributed by atoms with Crippen LogP contribution >= 0.6 is 0 Å². The predicted molar refractivity (Wildman–Crippen MR) is 96.2 cm³/mol. The zero-order chi connectivity index (χ0) is 18.8. The number of carbonyl (C=O) groups is 2. The number of ether oxygens (including phenoxy) is 1. The van der Waals surface area contributed by atoms with Crippen LogP contribution in [0.15, 0.2) is 48.7 Å². The molecule has 1 aromatic heterocycles. The molecule has 1 amide bonds. The molecule has 0 bridgehead atoms. The Balaban J connectivity index is 2.00. The van der Waals surface area contributed by atoms with Crippen LogP contribution in [0.5, 0.6) is 0 Å². The summed E-state index contributed by atoms with van der Waals surface area (Å²) < 4.78 is 4.67. The van der Waals surface area contributed by atoms with Crippen LogP contribution in [0.1, 0.15) is 22.5 Å². The van der Waals surface area contributed by atoms with Crippen LogP contribution in [0.2, 0.25) is 0 Å². The van der Waals surface area contributed by atoms with E-state index in [1.54, 1.807) is 30.5 Å². The first kappa shape index (κ1) is 19.1. The van der Waals surface area contributed by atoms with Crippen LogP contribution in [-0.4, -0.2) is 42.0 Å². The standard InChI is InChI=1S/C19H20N4O3/c1-26-19(25)15-6-4-8-16(12-15)22-18(24)14-23(11-5-9-20)13-17-7-2-3-10-21-17/h2-4,6-8,10,12H,5,11,13-14H2,1H3,(H,22,24). The monoisotopic (exact) mass is 352 g/mol. The summed E-state index contributed by atoms with van der Waals surface area (Å²) in [6.45, 7) is 1.04. The van der Waals surface area contributed by atoms with Crippen molar-refractivity contribution in [3.63, 3.8) is 0 Å². The average molecular weight is 352 g/mol. The number of hydrogen-bond acceptors (Lipinski definition) is 6. The van der Waals surface area contributed by atoms with Crippen LogP contribution < -0.4 is 5.32 Å². The summed E-state index contributed by atoms with van der Waals surface area (Å²) in [6.07, 6.45) is 2.01. The highest BCUT2D eigenvalue weighted by Crippen LogP contribution is 2.12. The van der Waals surface area contributed by atoms with E-state index in [4.69, 9.17) is 5.26 Å². The molecule has 1 aromatic carbocycles. The number of benzene rings is 1. The molecule has 0 aliphatic carbocycles. The second-order valence-corrected chi connectivity index (χ2v) is 5.56. The van der Waals surface area contributed by atoms with Gasteiger partial charge in [-0.25, -0.2) is 4.79 Å². The number of esters is 1. The van der Waals surface area contributed by atoms with Gasteiger partial charge in [0.25, 0.3) is 0 Å². The summed E-state index contributed by atoms with van der Waals surface area (Å²) in [4.78, 5) is 30.0. The minimum absolute atomic E-state index is 0.112. The molecule has 26 heavy (non-hydrogen) atoms. The molecule has 134 valence electrons. The number of nitriles is 1. The van der Waals surface area contributed by atoms with Gasteiger partial charge in [0.15, 0.2) is 0 Å². The second-order valence-electron chi connectivity index (χ2n) is 5.56. The van der Waals surface area contributed by atoms with E-state index in [0.717, 1.165) is 5.69 Å². The number of nitrogens with zero attached hydrogens (tertiary/aromatic N) is 3. The lowest BCUT2D eigenvalue weighted by Gasteiger charge is -2.20. The SMILES string of the molecule is COC(=O)c1cccc(NC(=O)CN(CCC#N)Cc2ccccn2)c1. The van der Waals surface area contributed by atoms with Gasteiger partial charge in [-0.3, -0.25) is 14.7 Å². The molecule has 0 unspecified atom stereocenters. The van der Waals surface area contributed by atoms with E-state index >= 15 is 0 Å². The van der Waals surface area contributed by atoms with Crippen molar-refractivity contribution >= 4 is 17.6 Å².